The molecule has 0 unspecified atom stereocenters. The second-order valence-electron chi connectivity index (χ2n) is 4.52. The first kappa shape index (κ1) is 18.1. The Bertz CT molecular complexity index is 582. The standard InChI is InChI=1S/C12H19NO6S2/c1-12(19-4,8-17-2)7-13-21(15,16)9-5-6-20-10(9)11(14)18-3/h5-6,13H,7-8H2,1-4H3/t12-/m0/s1. The molecule has 0 amide bonds. The molecule has 9 heteroatoms. The van der Waals surface area contributed by atoms with E-state index in [2.05, 4.69) is 9.46 Å². The summed E-state index contributed by atoms with van der Waals surface area (Å²) in [6.45, 7) is 1.95. The molecule has 1 N–H and O–H groups in total. The zero-order valence-corrected chi connectivity index (χ0v) is 14.0. The number of nitrogens with one attached hydrogen (secondary N) is 1. The Labute approximate surface area is 128 Å². The van der Waals surface area contributed by atoms with E-state index in [9.17, 15) is 13.2 Å². The molecule has 0 radical (unpaired) electrons. The van der Waals surface area contributed by atoms with Crippen molar-refractivity contribution in [3.8, 4) is 0 Å². The first-order valence-electron chi connectivity index (χ1n) is 5.99. The van der Waals surface area contributed by atoms with Gasteiger partial charge in [0.1, 0.15) is 15.4 Å². The third-order valence-corrected chi connectivity index (χ3v) is 5.34. The van der Waals surface area contributed by atoms with E-state index in [1.54, 1.807) is 6.92 Å². The van der Waals surface area contributed by atoms with Crippen LogP contribution < -0.4 is 4.72 Å². The van der Waals surface area contributed by atoms with Gasteiger partial charge in [-0.15, -0.1) is 11.3 Å². The zero-order chi connectivity index (χ0) is 16.1. The van der Waals surface area contributed by atoms with Crippen LogP contribution >= 0.6 is 11.3 Å². The molecule has 1 atom stereocenters. The van der Waals surface area contributed by atoms with Crippen LogP contribution in [0.15, 0.2) is 16.3 Å². The van der Waals surface area contributed by atoms with Gasteiger partial charge in [-0.05, 0) is 18.4 Å². The maximum atomic E-state index is 12.3. The van der Waals surface area contributed by atoms with Gasteiger partial charge in [0, 0.05) is 20.8 Å². The number of carbonyl (C=O) groups is 1. The maximum absolute atomic E-state index is 12.3. The minimum atomic E-state index is -3.84. The summed E-state index contributed by atoms with van der Waals surface area (Å²) in [5, 5.41) is 1.52. The van der Waals surface area contributed by atoms with Gasteiger partial charge in [0.25, 0.3) is 0 Å². The van der Waals surface area contributed by atoms with Gasteiger partial charge in [-0.2, -0.15) is 0 Å². The highest BCUT2D eigenvalue weighted by atomic mass is 32.2. The Morgan fingerprint density at radius 1 is 1.38 bits per heavy atom. The molecule has 0 aliphatic carbocycles. The van der Waals surface area contributed by atoms with E-state index in [1.165, 1.54) is 32.8 Å². The maximum Gasteiger partial charge on any atom is 0.349 e. The van der Waals surface area contributed by atoms with Crippen molar-refractivity contribution in [2.45, 2.75) is 17.4 Å². The SMILES string of the molecule is COC[C@](C)(CNS(=O)(=O)c1ccsc1C(=O)OC)OC. The van der Waals surface area contributed by atoms with Crippen LogP contribution in [0.25, 0.3) is 0 Å². The molecule has 0 fully saturated rings. The van der Waals surface area contributed by atoms with Crippen molar-refractivity contribution in [2.24, 2.45) is 0 Å². The lowest BCUT2D eigenvalue weighted by Crippen LogP contribution is -2.45. The van der Waals surface area contributed by atoms with Crippen LogP contribution in [0, 0.1) is 0 Å². The van der Waals surface area contributed by atoms with E-state index in [-0.39, 0.29) is 22.9 Å². The third-order valence-electron chi connectivity index (χ3n) is 2.87. The summed E-state index contributed by atoms with van der Waals surface area (Å²) in [6.07, 6.45) is 0. The number of thiophene rings is 1. The van der Waals surface area contributed by atoms with E-state index >= 15 is 0 Å². The van der Waals surface area contributed by atoms with E-state index < -0.39 is 21.6 Å². The second-order valence-corrected chi connectivity index (χ2v) is 7.17. The molecule has 0 bridgehead atoms. The van der Waals surface area contributed by atoms with Gasteiger partial charge in [-0.1, -0.05) is 0 Å². The molecule has 0 saturated carbocycles. The summed E-state index contributed by atoms with van der Waals surface area (Å²) in [4.78, 5) is 11.5. The first-order valence-corrected chi connectivity index (χ1v) is 8.35. The number of hydrogen-bond donors (Lipinski definition) is 1. The fraction of sp³-hybridized carbons (Fsp3) is 0.583. The largest absolute Gasteiger partial charge is 0.465 e. The van der Waals surface area contributed by atoms with Crippen molar-refractivity contribution in [2.75, 3.05) is 34.5 Å². The number of carbonyl (C=O) groups excluding carboxylic acids is 1. The minimum Gasteiger partial charge on any atom is -0.465 e. The van der Waals surface area contributed by atoms with Crippen LogP contribution in [-0.4, -0.2) is 54.5 Å². The highest BCUT2D eigenvalue weighted by Crippen LogP contribution is 2.23. The van der Waals surface area contributed by atoms with Gasteiger partial charge < -0.3 is 14.2 Å². The Hall–Kier alpha value is -1.00. The van der Waals surface area contributed by atoms with Crippen LogP contribution in [0.2, 0.25) is 0 Å². The van der Waals surface area contributed by atoms with Crippen molar-refractivity contribution in [1.82, 2.24) is 4.72 Å². The van der Waals surface area contributed by atoms with Gasteiger partial charge in [0.05, 0.1) is 13.7 Å². The summed E-state index contributed by atoms with van der Waals surface area (Å²) >= 11 is 1.01. The molecule has 1 aromatic heterocycles. The van der Waals surface area contributed by atoms with Crippen molar-refractivity contribution in [3.63, 3.8) is 0 Å². The summed E-state index contributed by atoms with van der Waals surface area (Å²) in [6, 6.07) is 1.36. The molecule has 1 rings (SSSR count). The molecule has 0 spiro atoms. The van der Waals surface area contributed by atoms with Gasteiger partial charge in [-0.25, -0.2) is 17.9 Å². The molecule has 0 aliphatic rings. The van der Waals surface area contributed by atoms with E-state index in [1.807, 2.05) is 0 Å². The average molecular weight is 337 g/mol. The van der Waals surface area contributed by atoms with Gasteiger partial charge in [-0.3, -0.25) is 0 Å². The molecular formula is C12H19NO6S2. The Kier molecular flexibility index (Phi) is 6.29. The monoisotopic (exact) mass is 337 g/mol. The quantitative estimate of drug-likeness (QED) is 0.708. The molecule has 21 heavy (non-hydrogen) atoms. The smallest absolute Gasteiger partial charge is 0.349 e. The Balaban J connectivity index is 2.93. The molecule has 1 aromatic rings. The molecule has 1 heterocycles. The van der Waals surface area contributed by atoms with Crippen LogP contribution in [-0.2, 0) is 24.2 Å². The lowest BCUT2D eigenvalue weighted by molar-refractivity contribution is -0.0460. The first-order chi connectivity index (χ1) is 9.79. The van der Waals surface area contributed by atoms with Crippen LogP contribution in [0.1, 0.15) is 16.6 Å². The van der Waals surface area contributed by atoms with Gasteiger partial charge in [0.2, 0.25) is 10.0 Å². The van der Waals surface area contributed by atoms with Crippen molar-refractivity contribution in [3.05, 3.63) is 16.3 Å². The highest BCUT2D eigenvalue weighted by molar-refractivity contribution is 7.89. The third kappa shape index (κ3) is 4.48. The molecule has 120 valence electrons. The van der Waals surface area contributed by atoms with Crippen molar-refractivity contribution < 1.29 is 27.4 Å². The topological polar surface area (TPSA) is 90.9 Å². The minimum absolute atomic E-state index is 0.0101. The highest BCUT2D eigenvalue weighted by Gasteiger charge is 2.29. The summed E-state index contributed by atoms with van der Waals surface area (Å²) in [7, 11) is 0.331. The molecular weight excluding hydrogens is 318 g/mol. The van der Waals surface area contributed by atoms with Crippen LogP contribution in [0.4, 0.5) is 0 Å². The normalized spacial score (nSPS) is 14.7. The van der Waals surface area contributed by atoms with Crippen molar-refractivity contribution in [1.29, 1.82) is 0 Å². The number of rotatable bonds is 8. The van der Waals surface area contributed by atoms with E-state index in [4.69, 9.17) is 9.47 Å². The number of sulfonamides is 1. The summed E-state index contributed by atoms with van der Waals surface area (Å²) < 4.78 is 41.8. The van der Waals surface area contributed by atoms with E-state index in [0.29, 0.717) is 0 Å². The predicted octanol–water partition coefficient (Wildman–Crippen LogP) is 0.864. The molecule has 0 aliphatic heterocycles. The van der Waals surface area contributed by atoms with E-state index in [0.717, 1.165) is 11.3 Å². The van der Waals surface area contributed by atoms with Crippen molar-refractivity contribution >= 4 is 27.3 Å². The Morgan fingerprint density at radius 2 is 2.05 bits per heavy atom. The number of esters is 1. The fourth-order valence-corrected chi connectivity index (χ4v) is 4.05. The number of methoxy groups -OCH3 is 3. The van der Waals surface area contributed by atoms with Crippen LogP contribution in [0.3, 0.4) is 0 Å². The average Bonchev–Trinajstić information content (AvgIpc) is 2.95. The number of ether oxygens (including phenoxy) is 3. The second kappa shape index (κ2) is 7.32. The van der Waals surface area contributed by atoms with Crippen LogP contribution in [0.5, 0.6) is 0 Å². The number of hydrogen-bond acceptors (Lipinski definition) is 7. The Morgan fingerprint density at radius 3 is 2.57 bits per heavy atom. The lowest BCUT2D eigenvalue weighted by Gasteiger charge is -2.27. The van der Waals surface area contributed by atoms with Gasteiger partial charge in [0.15, 0.2) is 0 Å². The molecule has 0 saturated heterocycles. The lowest BCUT2D eigenvalue weighted by atomic mass is 10.1. The zero-order valence-electron chi connectivity index (χ0n) is 12.3. The van der Waals surface area contributed by atoms with Gasteiger partial charge >= 0.3 is 5.97 Å². The molecule has 7 nitrogen and oxygen atoms in total. The summed E-state index contributed by atoms with van der Waals surface area (Å²) in [5.74, 6) is -0.684. The predicted molar refractivity (Wildman–Crippen MR) is 78.1 cm³/mol. The molecule has 0 aromatic carbocycles. The fourth-order valence-electron chi connectivity index (χ4n) is 1.56. The summed E-state index contributed by atoms with van der Waals surface area (Å²) in [5.41, 5.74) is -0.802.